The van der Waals surface area contributed by atoms with Crippen LogP contribution in [0.15, 0.2) is 113 Å². The lowest BCUT2D eigenvalue weighted by atomic mass is 9.95. The smallest absolute Gasteiger partial charge is 0.306 e. The molecule has 2 heterocycles. The van der Waals surface area contributed by atoms with Crippen LogP contribution in [-0.4, -0.2) is 14.5 Å². The average Bonchev–Trinajstić information content (AvgIpc) is 2.89. The van der Waals surface area contributed by atoms with Crippen LogP contribution in [0, 0.1) is 0 Å². The molecule has 35 heavy (non-hydrogen) atoms. The van der Waals surface area contributed by atoms with Crippen molar-refractivity contribution >= 4 is 33.3 Å². The summed E-state index contributed by atoms with van der Waals surface area (Å²) in [5.74, 6) is 0. The fourth-order valence-corrected chi connectivity index (χ4v) is 4.86. The number of pyridine rings is 1. The molecule has 6 aromatic rings. The maximum absolute atomic E-state index is 13.5. The first kappa shape index (κ1) is 21.1. The molecular weight excluding hydrogens is 458 g/mol. The molecule has 0 fully saturated rings. The van der Waals surface area contributed by atoms with Crippen molar-refractivity contribution in [3.63, 3.8) is 0 Å². The number of rotatable bonds is 3. The third kappa shape index (κ3) is 3.54. The predicted molar refractivity (Wildman–Crippen MR) is 141 cm³/mol. The molecule has 6 heteroatoms. The van der Waals surface area contributed by atoms with E-state index in [-0.39, 0.29) is 5.56 Å². The summed E-state index contributed by atoms with van der Waals surface area (Å²) in [5.41, 5.74) is 3.56. The molecule has 0 aliphatic carbocycles. The summed E-state index contributed by atoms with van der Waals surface area (Å²) < 4.78 is 1.20. The van der Waals surface area contributed by atoms with E-state index in [1.807, 2.05) is 72.8 Å². The third-order valence-electron chi connectivity index (χ3n) is 6.18. The van der Waals surface area contributed by atoms with E-state index in [1.165, 1.54) is 4.57 Å². The number of nitrogens with zero attached hydrogens (tertiary/aromatic N) is 2. The second-order valence-corrected chi connectivity index (χ2v) is 8.64. The molecule has 6 rings (SSSR count). The Hall–Kier alpha value is -4.48. The van der Waals surface area contributed by atoms with Gasteiger partial charge in [-0.3, -0.25) is 9.78 Å². The van der Waals surface area contributed by atoms with Gasteiger partial charge in [0.05, 0.1) is 16.6 Å². The molecule has 4 aromatic carbocycles. The summed E-state index contributed by atoms with van der Waals surface area (Å²) in [4.78, 5) is 33.8. The lowest BCUT2D eigenvalue weighted by Gasteiger charge is -2.13. The Morgan fingerprint density at radius 1 is 0.771 bits per heavy atom. The molecule has 0 amide bonds. The summed E-state index contributed by atoms with van der Waals surface area (Å²) in [5, 5.41) is 2.76. The standard InChI is InChI=1S/C29H18ClN3O2/c30-24-11-4-10-22(20-8-5-15-31-17-20)27(24)19-13-14-23-25(16-19)32-29(35)33(28(23)34)26-12-3-7-18-6-1-2-9-21(18)26/h1-17H,(H,32,35). The van der Waals surface area contributed by atoms with E-state index in [9.17, 15) is 9.59 Å². The number of nitrogens with one attached hydrogen (secondary N) is 1. The molecule has 0 radical (unpaired) electrons. The van der Waals surface area contributed by atoms with E-state index in [2.05, 4.69) is 9.97 Å². The average molecular weight is 476 g/mol. The van der Waals surface area contributed by atoms with Crippen LogP contribution in [0.2, 0.25) is 5.02 Å². The van der Waals surface area contributed by atoms with Crippen molar-refractivity contribution in [1.29, 1.82) is 0 Å². The first-order valence-electron chi connectivity index (χ1n) is 11.1. The highest BCUT2D eigenvalue weighted by atomic mass is 35.5. The zero-order valence-corrected chi connectivity index (χ0v) is 19.2. The molecule has 0 saturated heterocycles. The van der Waals surface area contributed by atoms with Crippen LogP contribution in [0.1, 0.15) is 0 Å². The van der Waals surface area contributed by atoms with E-state index in [4.69, 9.17) is 11.6 Å². The number of halogens is 1. The van der Waals surface area contributed by atoms with Gasteiger partial charge in [-0.25, -0.2) is 9.36 Å². The Balaban J connectivity index is 1.57. The van der Waals surface area contributed by atoms with Crippen molar-refractivity contribution < 1.29 is 0 Å². The number of benzene rings is 4. The Kier molecular flexibility index (Phi) is 5.05. The largest absolute Gasteiger partial charge is 0.333 e. The van der Waals surface area contributed by atoms with Crippen molar-refractivity contribution in [1.82, 2.24) is 14.5 Å². The molecule has 0 unspecified atom stereocenters. The van der Waals surface area contributed by atoms with E-state index in [0.717, 1.165) is 33.0 Å². The Morgan fingerprint density at radius 3 is 2.46 bits per heavy atom. The van der Waals surface area contributed by atoms with Crippen LogP contribution in [-0.2, 0) is 0 Å². The van der Waals surface area contributed by atoms with Gasteiger partial charge in [0.15, 0.2) is 0 Å². The highest BCUT2D eigenvalue weighted by Gasteiger charge is 2.16. The fraction of sp³-hybridized carbons (Fsp3) is 0. The fourth-order valence-electron chi connectivity index (χ4n) is 4.58. The van der Waals surface area contributed by atoms with Gasteiger partial charge >= 0.3 is 5.69 Å². The van der Waals surface area contributed by atoms with Crippen LogP contribution in [0.3, 0.4) is 0 Å². The second-order valence-electron chi connectivity index (χ2n) is 8.23. The number of fused-ring (bicyclic) bond motifs is 2. The first-order valence-corrected chi connectivity index (χ1v) is 11.5. The van der Waals surface area contributed by atoms with Gasteiger partial charge in [0, 0.05) is 33.9 Å². The molecule has 5 nitrogen and oxygen atoms in total. The van der Waals surface area contributed by atoms with Gasteiger partial charge < -0.3 is 4.98 Å². The molecule has 0 bridgehead atoms. The lowest BCUT2D eigenvalue weighted by molar-refractivity contribution is 0.908. The lowest BCUT2D eigenvalue weighted by Crippen LogP contribution is -2.33. The molecular formula is C29H18ClN3O2. The predicted octanol–water partition coefficient (Wildman–Crippen LogP) is 6.21. The van der Waals surface area contributed by atoms with Gasteiger partial charge in [0.25, 0.3) is 5.56 Å². The summed E-state index contributed by atoms with van der Waals surface area (Å²) in [6.07, 6.45) is 3.50. The number of aromatic nitrogens is 3. The van der Waals surface area contributed by atoms with Crippen molar-refractivity contribution in [2.75, 3.05) is 0 Å². The highest BCUT2D eigenvalue weighted by Crippen LogP contribution is 2.38. The van der Waals surface area contributed by atoms with E-state index in [0.29, 0.717) is 21.6 Å². The normalized spacial score (nSPS) is 11.2. The highest BCUT2D eigenvalue weighted by molar-refractivity contribution is 6.34. The number of hydrogen-bond donors (Lipinski definition) is 1. The topological polar surface area (TPSA) is 67.8 Å². The van der Waals surface area contributed by atoms with Crippen LogP contribution in [0.25, 0.3) is 49.6 Å². The molecule has 2 aromatic heterocycles. The van der Waals surface area contributed by atoms with E-state index < -0.39 is 5.69 Å². The SMILES string of the molecule is O=c1[nH]c2cc(-c3c(Cl)cccc3-c3cccnc3)ccc2c(=O)n1-c1cccc2ccccc12. The molecule has 168 valence electrons. The van der Waals surface area contributed by atoms with Gasteiger partial charge in [-0.2, -0.15) is 0 Å². The molecule has 0 aliphatic rings. The molecule has 0 aliphatic heterocycles. The minimum Gasteiger partial charge on any atom is -0.306 e. The monoisotopic (exact) mass is 475 g/mol. The molecule has 0 atom stereocenters. The van der Waals surface area contributed by atoms with Gasteiger partial charge in [-0.05, 0) is 46.8 Å². The van der Waals surface area contributed by atoms with E-state index in [1.54, 1.807) is 30.6 Å². The summed E-state index contributed by atoms with van der Waals surface area (Å²) >= 11 is 6.63. The van der Waals surface area contributed by atoms with Crippen molar-refractivity contribution in [2.24, 2.45) is 0 Å². The third-order valence-corrected chi connectivity index (χ3v) is 6.50. The van der Waals surface area contributed by atoms with E-state index >= 15 is 0 Å². The van der Waals surface area contributed by atoms with Gasteiger partial charge in [0.1, 0.15) is 0 Å². The Morgan fingerprint density at radius 2 is 1.60 bits per heavy atom. The summed E-state index contributed by atoms with van der Waals surface area (Å²) in [7, 11) is 0. The maximum atomic E-state index is 13.5. The Labute approximate surface area is 204 Å². The van der Waals surface area contributed by atoms with Crippen molar-refractivity contribution in [3.05, 3.63) is 129 Å². The molecule has 0 saturated carbocycles. The number of aromatic amines is 1. The maximum Gasteiger partial charge on any atom is 0.333 e. The Bertz CT molecular complexity index is 1850. The number of hydrogen-bond acceptors (Lipinski definition) is 3. The van der Waals surface area contributed by atoms with Crippen molar-refractivity contribution in [3.8, 4) is 27.9 Å². The zero-order valence-electron chi connectivity index (χ0n) is 18.4. The molecule has 1 N–H and O–H groups in total. The van der Waals surface area contributed by atoms with Crippen molar-refractivity contribution in [2.45, 2.75) is 0 Å². The van der Waals surface area contributed by atoms with Crippen LogP contribution >= 0.6 is 11.6 Å². The first-order chi connectivity index (χ1) is 17.1. The van der Waals surface area contributed by atoms with Gasteiger partial charge in [0.2, 0.25) is 0 Å². The van der Waals surface area contributed by atoms with Crippen LogP contribution < -0.4 is 11.2 Å². The minimum atomic E-state index is -0.498. The van der Waals surface area contributed by atoms with Gasteiger partial charge in [-0.15, -0.1) is 0 Å². The van der Waals surface area contributed by atoms with Gasteiger partial charge in [-0.1, -0.05) is 72.3 Å². The minimum absolute atomic E-state index is 0.377. The van der Waals surface area contributed by atoms with Crippen LogP contribution in [0.5, 0.6) is 0 Å². The second kappa shape index (κ2) is 8.38. The zero-order chi connectivity index (χ0) is 23.9. The summed E-state index contributed by atoms with van der Waals surface area (Å²) in [6, 6.07) is 28.2. The quantitative estimate of drug-likeness (QED) is 0.330. The number of H-pyrrole nitrogens is 1. The van der Waals surface area contributed by atoms with Crippen LogP contribution in [0.4, 0.5) is 0 Å². The summed E-state index contributed by atoms with van der Waals surface area (Å²) in [6.45, 7) is 0. The molecule has 0 spiro atoms.